The highest BCUT2D eigenvalue weighted by molar-refractivity contribution is 5.75. The van der Waals surface area contributed by atoms with E-state index in [0.29, 0.717) is 0 Å². The highest BCUT2D eigenvalue weighted by Crippen LogP contribution is 0.144. The van der Waals surface area contributed by atoms with Gasteiger partial charge in [0.25, 0.3) is 0 Å². The Morgan fingerprint density at radius 3 is 0.750 bits per heavy atom. The van der Waals surface area contributed by atoms with Gasteiger partial charge >= 0.3 is 23.1 Å². The molecule has 0 rings (SSSR count). The fourth-order valence-electron chi connectivity index (χ4n) is 0. The van der Waals surface area contributed by atoms with E-state index in [9.17, 15) is 0 Å². The molecule has 2 nitrogen and oxygen atoms in total. The first kappa shape index (κ1) is 135. The number of hydrogen-bond donors (Lipinski definition) is 0. The van der Waals surface area contributed by atoms with Gasteiger partial charge in [-0.15, -0.1) is 0 Å². The van der Waals surface area contributed by atoms with E-state index in [1.54, 1.807) is 0 Å². The molecule has 0 aliphatic heterocycles. The van der Waals surface area contributed by atoms with Crippen LogP contribution in [-0.4, -0.2) is 34.0 Å². The maximum atomic E-state index is 0. The lowest BCUT2D eigenvalue weighted by atomic mass is 12.0. The SMILES string of the molecule is C.O.O.[MgH2]. The molecule has 0 atom stereocenters. The van der Waals surface area contributed by atoms with Crippen LogP contribution in [-0.2, 0) is 0 Å². The quantitative estimate of drug-likeness (QED) is 0.303. The van der Waals surface area contributed by atoms with Crippen LogP contribution in [0.4, 0.5) is 0 Å². The van der Waals surface area contributed by atoms with Gasteiger partial charge in [0, 0.05) is 0 Å². The summed E-state index contributed by atoms with van der Waals surface area (Å²) in [6.07, 6.45) is 0. The smallest absolute Gasteiger partial charge is 0.316 e. The summed E-state index contributed by atoms with van der Waals surface area (Å²) < 4.78 is 0. The molecule has 0 saturated heterocycles. The summed E-state index contributed by atoms with van der Waals surface area (Å²) in [6, 6.07) is 0. The molecule has 4 N–H and O–H groups in total. The Kier molecular flexibility index (Phi) is 1910. The molecule has 0 aromatic heterocycles. The molecule has 0 unspecified atom stereocenters. The second-order valence-corrected chi connectivity index (χ2v) is 0. The molecule has 28 valence electrons. The van der Waals surface area contributed by atoms with Gasteiger partial charge in [0.15, 0.2) is 0 Å². The number of hydrogen-bond acceptors (Lipinski definition) is 0. The van der Waals surface area contributed by atoms with Crippen LogP contribution < -0.4 is 0 Å². The molecule has 3 heteroatoms. The first-order chi connectivity index (χ1) is 0. The minimum atomic E-state index is 0. The third-order valence-corrected chi connectivity index (χ3v) is 0. The van der Waals surface area contributed by atoms with Crippen LogP contribution in [0.3, 0.4) is 0 Å². The first-order valence-electron chi connectivity index (χ1n) is 0. The van der Waals surface area contributed by atoms with Crippen molar-refractivity contribution >= 4 is 23.1 Å². The summed E-state index contributed by atoms with van der Waals surface area (Å²) in [5.41, 5.74) is 0. The minimum Gasteiger partial charge on any atom is -0.412 e. The molecule has 0 aromatic carbocycles. The molecule has 0 heterocycles. The Morgan fingerprint density at radius 2 is 0.750 bits per heavy atom. The average molecular weight is 78.4 g/mol. The van der Waals surface area contributed by atoms with Gasteiger partial charge in [-0.3, -0.25) is 0 Å². The third-order valence-electron chi connectivity index (χ3n) is 0. The molecule has 0 amide bonds. The van der Waals surface area contributed by atoms with Crippen LogP contribution >= 0.6 is 0 Å². The van der Waals surface area contributed by atoms with E-state index in [-0.39, 0.29) is 41.4 Å². The number of rotatable bonds is 0. The normalized spacial score (nSPS) is 0. The third kappa shape index (κ3) is 16.2. The molecule has 0 fully saturated rings. The molecule has 0 aliphatic rings. The van der Waals surface area contributed by atoms with Gasteiger partial charge in [-0.2, -0.15) is 0 Å². The lowest BCUT2D eigenvalue weighted by Gasteiger charge is -0.413. The predicted molar refractivity (Wildman–Crippen MR) is 22.5 cm³/mol. The van der Waals surface area contributed by atoms with Crippen molar-refractivity contribution < 1.29 is 11.0 Å². The fourth-order valence-corrected chi connectivity index (χ4v) is 0. The Morgan fingerprint density at radius 1 is 0.750 bits per heavy atom. The van der Waals surface area contributed by atoms with Crippen molar-refractivity contribution in [2.24, 2.45) is 0 Å². The molecule has 4 heavy (non-hydrogen) atoms. The molecule has 0 bridgehead atoms. The van der Waals surface area contributed by atoms with Gasteiger partial charge in [-0.05, 0) is 0 Å². The highest BCUT2D eigenvalue weighted by atomic mass is 24.3. The summed E-state index contributed by atoms with van der Waals surface area (Å²) in [5, 5.41) is 0. The van der Waals surface area contributed by atoms with E-state index >= 15 is 0 Å². The Bertz CT molecular complexity index is 6.00. The van der Waals surface area contributed by atoms with Crippen molar-refractivity contribution in [3.63, 3.8) is 0 Å². The Labute approximate surface area is 42.0 Å². The summed E-state index contributed by atoms with van der Waals surface area (Å²) in [6.45, 7) is 0. The van der Waals surface area contributed by atoms with E-state index in [2.05, 4.69) is 0 Å². The van der Waals surface area contributed by atoms with Gasteiger partial charge in [-0.1, -0.05) is 7.43 Å². The van der Waals surface area contributed by atoms with Crippen LogP contribution in [0.5, 0.6) is 0 Å². The molecule has 0 aliphatic carbocycles. The molecule has 0 radical (unpaired) electrons. The fraction of sp³-hybridized carbons (Fsp3) is 1.00. The van der Waals surface area contributed by atoms with Gasteiger partial charge in [-0.25, -0.2) is 0 Å². The minimum absolute atomic E-state index is 0. The molecule has 0 saturated carbocycles. The maximum Gasteiger partial charge on any atom is 0.316 e. The van der Waals surface area contributed by atoms with Crippen molar-refractivity contribution in [3.05, 3.63) is 0 Å². The summed E-state index contributed by atoms with van der Waals surface area (Å²) in [4.78, 5) is 0. The second-order valence-electron chi connectivity index (χ2n) is 0. The Hall–Kier alpha value is 0.686. The van der Waals surface area contributed by atoms with Crippen molar-refractivity contribution in [2.75, 3.05) is 0 Å². The molecule has 0 spiro atoms. The maximum absolute atomic E-state index is 0. The van der Waals surface area contributed by atoms with Crippen LogP contribution in [0.2, 0.25) is 0 Å². The second kappa shape index (κ2) is 56.5. The van der Waals surface area contributed by atoms with Crippen molar-refractivity contribution in [2.45, 2.75) is 7.43 Å². The topological polar surface area (TPSA) is 63.0 Å². The highest BCUT2D eigenvalue weighted by Gasteiger charge is 0.316. The van der Waals surface area contributed by atoms with Gasteiger partial charge < -0.3 is 11.0 Å². The standard InChI is InChI=1S/CH4.Mg.2H2O.2H/h1H4;;2*1H2;;. The zero-order chi connectivity index (χ0) is 0. The summed E-state index contributed by atoms with van der Waals surface area (Å²) in [7, 11) is 0. The van der Waals surface area contributed by atoms with Crippen LogP contribution in [0.15, 0.2) is 0 Å². The summed E-state index contributed by atoms with van der Waals surface area (Å²) >= 11 is 0. The average Bonchev–Trinajstić information content (AvgIpc) is 0. The van der Waals surface area contributed by atoms with E-state index in [1.165, 1.54) is 0 Å². The lowest BCUT2D eigenvalue weighted by Crippen LogP contribution is -0.381. The molecule has 0 aromatic rings. The van der Waals surface area contributed by atoms with Gasteiger partial charge in [0.2, 0.25) is 0 Å². The van der Waals surface area contributed by atoms with Crippen molar-refractivity contribution in [1.82, 2.24) is 0 Å². The zero-order valence-electron chi connectivity index (χ0n) is 1.00. The van der Waals surface area contributed by atoms with Crippen LogP contribution in [0.1, 0.15) is 7.43 Å². The van der Waals surface area contributed by atoms with E-state index in [1.807, 2.05) is 0 Å². The van der Waals surface area contributed by atoms with Crippen LogP contribution in [0.25, 0.3) is 0 Å². The Balaban J connectivity index is 0. The zero-order valence-corrected chi connectivity index (χ0v) is 1.00. The molecular formula is CH10MgO2. The van der Waals surface area contributed by atoms with Crippen LogP contribution in [0, 0.1) is 0 Å². The van der Waals surface area contributed by atoms with E-state index < -0.39 is 0 Å². The van der Waals surface area contributed by atoms with Crippen molar-refractivity contribution in [1.29, 1.82) is 0 Å². The predicted octanol–water partition coefficient (Wildman–Crippen LogP) is -1.93. The van der Waals surface area contributed by atoms with Crippen molar-refractivity contribution in [3.8, 4) is 0 Å². The van der Waals surface area contributed by atoms with E-state index in [4.69, 9.17) is 0 Å². The first-order valence-corrected chi connectivity index (χ1v) is 0. The molecular weight excluding hydrogens is 68.3 g/mol. The van der Waals surface area contributed by atoms with E-state index in [0.717, 1.165) is 0 Å². The summed E-state index contributed by atoms with van der Waals surface area (Å²) in [5.74, 6) is 0. The monoisotopic (exact) mass is 78.1 g/mol. The lowest BCUT2D eigenvalue weighted by molar-refractivity contribution is 0.823. The largest absolute Gasteiger partial charge is 0.412 e. The van der Waals surface area contributed by atoms with Gasteiger partial charge in [0.05, 0.1) is 0 Å². The van der Waals surface area contributed by atoms with Gasteiger partial charge in [0.1, 0.15) is 0 Å².